The number of pyridine rings is 1. The summed E-state index contributed by atoms with van der Waals surface area (Å²) in [6, 6.07) is 12.8. The number of halogens is 1. The van der Waals surface area contributed by atoms with Gasteiger partial charge in [-0.1, -0.05) is 91.0 Å². The molecule has 0 aliphatic rings. The van der Waals surface area contributed by atoms with E-state index < -0.39 is 0 Å². The third-order valence-corrected chi connectivity index (χ3v) is 4.87. The molecule has 0 spiro atoms. The Labute approximate surface area is 189 Å². The quantitative estimate of drug-likeness (QED) is 0.240. The highest BCUT2D eigenvalue weighted by Gasteiger charge is 1.91. The van der Waals surface area contributed by atoms with Gasteiger partial charge in [0.05, 0.1) is 0 Å². The maximum Gasteiger partial charge on any atom is 0.0412 e. The third-order valence-electron chi connectivity index (χ3n) is 4.38. The summed E-state index contributed by atoms with van der Waals surface area (Å²) in [5.74, 6) is 0. The Balaban J connectivity index is 0. The molecule has 0 aliphatic heterocycles. The second-order valence-electron chi connectivity index (χ2n) is 6.75. The zero-order valence-corrected chi connectivity index (χ0v) is 20.9. The normalized spacial score (nSPS) is 9.76. The largest absolute Gasteiger partial charge is 0.261 e. The van der Waals surface area contributed by atoms with Gasteiger partial charge in [0, 0.05) is 16.4 Å². The van der Waals surface area contributed by atoms with E-state index in [0.717, 1.165) is 16.6 Å². The van der Waals surface area contributed by atoms with Crippen molar-refractivity contribution in [1.29, 1.82) is 0 Å². The number of aryl methyl sites for hydroxylation is 3. The van der Waals surface area contributed by atoms with Crippen LogP contribution in [0.2, 0.25) is 0 Å². The van der Waals surface area contributed by atoms with Crippen molar-refractivity contribution in [2.75, 3.05) is 0 Å². The summed E-state index contributed by atoms with van der Waals surface area (Å²) >= 11 is 3.36. The number of unbranched alkanes of at least 4 members (excludes halogenated alkanes) is 2. The second kappa shape index (κ2) is 20.9. The molecule has 1 nitrogen and oxygen atoms in total. The fourth-order valence-electron chi connectivity index (χ4n) is 2.18. The Bertz CT molecular complexity index is 668. The van der Waals surface area contributed by atoms with Gasteiger partial charge >= 0.3 is 0 Å². The van der Waals surface area contributed by atoms with E-state index in [0.29, 0.717) is 0 Å². The van der Waals surface area contributed by atoms with E-state index in [2.05, 4.69) is 106 Å². The lowest BCUT2D eigenvalue weighted by Crippen LogP contribution is -1.84. The first-order chi connectivity index (χ1) is 14.0. The molecule has 1 heterocycles. The molecule has 0 radical (unpaired) electrons. The van der Waals surface area contributed by atoms with Gasteiger partial charge in [-0.3, -0.25) is 4.98 Å². The molecule has 2 rings (SSSR count). The van der Waals surface area contributed by atoms with E-state index >= 15 is 0 Å². The van der Waals surface area contributed by atoms with E-state index in [4.69, 9.17) is 0 Å². The molecule has 0 amide bonds. The van der Waals surface area contributed by atoms with Gasteiger partial charge in [0.2, 0.25) is 0 Å². The highest BCUT2D eigenvalue weighted by Crippen LogP contribution is 2.09. The summed E-state index contributed by atoms with van der Waals surface area (Å²) < 4.78 is 1.11. The van der Waals surface area contributed by atoms with Crippen molar-refractivity contribution >= 4 is 15.9 Å². The lowest BCUT2D eigenvalue weighted by atomic mass is 10.1. The number of hydrogen-bond donors (Lipinski definition) is 0. The number of benzene rings is 1. The zero-order chi connectivity index (χ0) is 22.5. The topological polar surface area (TPSA) is 12.9 Å². The van der Waals surface area contributed by atoms with Gasteiger partial charge < -0.3 is 0 Å². The van der Waals surface area contributed by atoms with Crippen LogP contribution in [0.4, 0.5) is 0 Å². The predicted octanol–water partition coefficient (Wildman–Crippen LogP) is 8.75. The fourth-order valence-corrected chi connectivity index (χ4v) is 2.56. The monoisotopic (exact) mass is 457 g/mol. The molecule has 0 fully saturated rings. The number of aromatic nitrogens is 1. The van der Waals surface area contributed by atoms with E-state index in [1.54, 1.807) is 0 Å². The van der Waals surface area contributed by atoms with Crippen molar-refractivity contribution in [3.05, 3.63) is 75.5 Å². The molecule has 2 aromatic rings. The Morgan fingerprint density at radius 2 is 1.66 bits per heavy atom. The van der Waals surface area contributed by atoms with E-state index in [-0.39, 0.29) is 0 Å². The van der Waals surface area contributed by atoms with Gasteiger partial charge in [0.25, 0.3) is 0 Å². The number of nitrogens with zero attached hydrogens (tertiary/aromatic N) is 1. The van der Waals surface area contributed by atoms with E-state index in [9.17, 15) is 0 Å². The minimum Gasteiger partial charge on any atom is -0.261 e. The van der Waals surface area contributed by atoms with E-state index in [1.165, 1.54) is 48.8 Å². The SMILES string of the molecule is C#C.C/C=C(\C)CC.CCCCCc1ccc(C)cc1.CCc1cc(Br)ccn1. The van der Waals surface area contributed by atoms with Gasteiger partial charge in [-0.05, 0) is 64.2 Å². The first-order valence-electron chi connectivity index (χ1n) is 10.6. The maximum atomic E-state index is 4.13. The minimum absolute atomic E-state index is 0.999. The van der Waals surface area contributed by atoms with Crippen LogP contribution in [0, 0.1) is 19.8 Å². The number of hydrogen-bond acceptors (Lipinski definition) is 1. The smallest absolute Gasteiger partial charge is 0.0412 e. The zero-order valence-electron chi connectivity index (χ0n) is 19.3. The summed E-state index contributed by atoms with van der Waals surface area (Å²) in [7, 11) is 0. The van der Waals surface area contributed by atoms with Crippen LogP contribution in [-0.4, -0.2) is 4.98 Å². The molecular formula is C27H40BrN. The standard InChI is InChI=1S/C12H18.C7H8BrN.C6H12.C2H2/c1-3-4-5-6-12-9-7-11(2)8-10-12;1-2-7-5-6(8)3-4-9-7;1-4-6(3)5-2;1-2/h7-10H,3-6H2,1-2H3;3-5H,2H2,1H3;4H,5H2,1-3H3;1-2H/b;;6-4+;. The van der Waals surface area contributed by atoms with Crippen molar-refractivity contribution in [2.24, 2.45) is 0 Å². The van der Waals surface area contributed by atoms with Crippen LogP contribution >= 0.6 is 15.9 Å². The third kappa shape index (κ3) is 17.9. The van der Waals surface area contributed by atoms with Crippen molar-refractivity contribution in [3.8, 4) is 12.8 Å². The van der Waals surface area contributed by atoms with Crippen LogP contribution in [0.15, 0.2) is 58.7 Å². The molecule has 0 unspecified atom stereocenters. The molecule has 0 aliphatic carbocycles. The number of allylic oxidation sites excluding steroid dienone is 2. The van der Waals surface area contributed by atoms with E-state index in [1.807, 2.05) is 18.3 Å². The number of rotatable bonds is 6. The van der Waals surface area contributed by atoms with Crippen LogP contribution in [0.1, 0.15) is 77.1 Å². The van der Waals surface area contributed by atoms with Gasteiger partial charge in [-0.15, -0.1) is 12.8 Å². The van der Waals surface area contributed by atoms with Crippen molar-refractivity contribution in [2.45, 2.75) is 80.1 Å². The van der Waals surface area contributed by atoms with Crippen molar-refractivity contribution in [3.63, 3.8) is 0 Å². The molecule has 0 saturated heterocycles. The minimum atomic E-state index is 0.999. The summed E-state index contributed by atoms with van der Waals surface area (Å²) in [6.45, 7) is 12.8. The Morgan fingerprint density at radius 1 is 1.03 bits per heavy atom. The predicted molar refractivity (Wildman–Crippen MR) is 135 cm³/mol. The lowest BCUT2D eigenvalue weighted by molar-refractivity contribution is 0.717. The number of terminal acetylenes is 1. The molecule has 0 bridgehead atoms. The molecule has 0 N–H and O–H groups in total. The molecule has 0 atom stereocenters. The molecule has 0 saturated carbocycles. The van der Waals surface area contributed by atoms with Gasteiger partial charge in [-0.25, -0.2) is 0 Å². The molecule has 1 aromatic heterocycles. The second-order valence-corrected chi connectivity index (χ2v) is 7.67. The first-order valence-corrected chi connectivity index (χ1v) is 11.4. The van der Waals surface area contributed by atoms with Gasteiger partial charge in [0.1, 0.15) is 0 Å². The summed E-state index contributed by atoms with van der Waals surface area (Å²) in [5.41, 5.74) is 5.43. The molecule has 2 heteroatoms. The average molecular weight is 459 g/mol. The molecular weight excluding hydrogens is 418 g/mol. The Kier molecular flexibility index (Phi) is 21.1. The van der Waals surface area contributed by atoms with Crippen LogP contribution in [0.5, 0.6) is 0 Å². The Morgan fingerprint density at radius 3 is 2.03 bits per heavy atom. The van der Waals surface area contributed by atoms with Crippen LogP contribution in [0.3, 0.4) is 0 Å². The molecule has 1 aromatic carbocycles. The lowest BCUT2D eigenvalue weighted by Gasteiger charge is -2.00. The highest BCUT2D eigenvalue weighted by atomic mass is 79.9. The van der Waals surface area contributed by atoms with Crippen LogP contribution < -0.4 is 0 Å². The van der Waals surface area contributed by atoms with Crippen LogP contribution in [0.25, 0.3) is 0 Å². The average Bonchev–Trinajstić information content (AvgIpc) is 2.77. The van der Waals surface area contributed by atoms with Crippen molar-refractivity contribution in [1.82, 2.24) is 4.98 Å². The molecule has 160 valence electrons. The van der Waals surface area contributed by atoms with Gasteiger partial charge in [0.15, 0.2) is 0 Å². The van der Waals surface area contributed by atoms with Crippen LogP contribution in [-0.2, 0) is 12.8 Å². The maximum absolute atomic E-state index is 4.13. The first kappa shape index (κ1) is 29.4. The highest BCUT2D eigenvalue weighted by molar-refractivity contribution is 9.10. The summed E-state index contributed by atoms with van der Waals surface area (Å²) in [5, 5.41) is 0. The molecule has 29 heavy (non-hydrogen) atoms. The summed E-state index contributed by atoms with van der Waals surface area (Å²) in [6.07, 6.45) is 19.4. The Hall–Kier alpha value is -1.85. The fraction of sp³-hybridized carbons (Fsp3) is 0.444. The van der Waals surface area contributed by atoms with Gasteiger partial charge in [-0.2, -0.15) is 0 Å². The van der Waals surface area contributed by atoms with Crippen molar-refractivity contribution < 1.29 is 0 Å². The summed E-state index contributed by atoms with van der Waals surface area (Å²) in [4.78, 5) is 4.13.